The predicted molar refractivity (Wildman–Crippen MR) is 38.0 cm³/mol. The molecule has 1 aliphatic heterocycles. The van der Waals surface area contributed by atoms with E-state index in [4.69, 9.17) is 12.2 Å². The molecule has 1 heterocycles. The Balaban J connectivity index is 2.49. The van der Waals surface area contributed by atoms with E-state index in [1.807, 2.05) is 6.92 Å². The van der Waals surface area contributed by atoms with Crippen molar-refractivity contribution in [2.75, 3.05) is 6.54 Å². The molecule has 2 unspecified atom stereocenters. The van der Waals surface area contributed by atoms with Gasteiger partial charge in [0.25, 0.3) is 0 Å². The van der Waals surface area contributed by atoms with Gasteiger partial charge < -0.3 is 10.6 Å². The van der Waals surface area contributed by atoms with E-state index in [2.05, 4.69) is 5.92 Å². The van der Waals surface area contributed by atoms with Crippen molar-refractivity contribution in [3.8, 4) is 12.3 Å². The molecule has 1 amide bonds. The van der Waals surface area contributed by atoms with Crippen LogP contribution in [0.3, 0.4) is 0 Å². The lowest BCUT2D eigenvalue weighted by Crippen LogP contribution is -2.63. The van der Waals surface area contributed by atoms with E-state index in [9.17, 15) is 4.79 Å². The van der Waals surface area contributed by atoms with Crippen molar-refractivity contribution in [3.63, 3.8) is 0 Å². The van der Waals surface area contributed by atoms with Crippen molar-refractivity contribution in [2.45, 2.75) is 19.0 Å². The maximum absolute atomic E-state index is 10.9. The van der Waals surface area contributed by atoms with E-state index in [0.717, 1.165) is 0 Å². The average Bonchev–Trinajstić information content (AvgIpc) is 1.98. The van der Waals surface area contributed by atoms with Crippen molar-refractivity contribution in [3.05, 3.63) is 0 Å². The molecule has 0 aliphatic carbocycles. The number of carbonyl (C=O) groups is 1. The normalized spacial score (nSPS) is 27.1. The third-order valence-corrected chi connectivity index (χ3v) is 1.70. The van der Waals surface area contributed by atoms with Crippen LogP contribution in [-0.4, -0.2) is 29.4 Å². The Morgan fingerprint density at radius 1 is 2.00 bits per heavy atom. The molecule has 0 saturated carbocycles. The topological polar surface area (TPSA) is 46.3 Å². The summed E-state index contributed by atoms with van der Waals surface area (Å²) < 4.78 is 0. The molecule has 1 aliphatic rings. The minimum absolute atomic E-state index is 0.0366. The lowest BCUT2D eigenvalue weighted by Gasteiger charge is -2.38. The summed E-state index contributed by atoms with van der Waals surface area (Å²) in [5.74, 6) is 2.43. The van der Waals surface area contributed by atoms with Crippen molar-refractivity contribution in [1.82, 2.24) is 4.90 Å². The Morgan fingerprint density at radius 2 is 2.60 bits per heavy atom. The van der Waals surface area contributed by atoms with Gasteiger partial charge in [0.15, 0.2) is 0 Å². The number of terminal acetylenes is 1. The van der Waals surface area contributed by atoms with E-state index in [-0.39, 0.29) is 18.0 Å². The van der Waals surface area contributed by atoms with E-state index in [1.54, 1.807) is 4.90 Å². The van der Waals surface area contributed by atoms with Crippen molar-refractivity contribution in [1.29, 1.82) is 0 Å². The first-order valence-electron chi connectivity index (χ1n) is 3.19. The summed E-state index contributed by atoms with van der Waals surface area (Å²) in [4.78, 5) is 12.5. The van der Waals surface area contributed by atoms with Gasteiger partial charge in [-0.2, -0.15) is 0 Å². The van der Waals surface area contributed by atoms with Gasteiger partial charge in [0, 0.05) is 6.54 Å². The second kappa shape index (κ2) is 2.31. The third-order valence-electron chi connectivity index (χ3n) is 1.70. The highest BCUT2D eigenvalue weighted by molar-refractivity contribution is 5.88. The van der Waals surface area contributed by atoms with Gasteiger partial charge in [-0.3, -0.25) is 4.79 Å². The largest absolute Gasteiger partial charge is 0.326 e. The smallest absolute Gasteiger partial charge is 0.242 e. The van der Waals surface area contributed by atoms with Crippen LogP contribution in [0.5, 0.6) is 0 Å². The third kappa shape index (κ3) is 0.869. The molecule has 0 aromatic carbocycles. The fraction of sp³-hybridized carbons (Fsp3) is 0.571. The molecular formula is C7H10N2O. The van der Waals surface area contributed by atoms with Gasteiger partial charge in [-0.25, -0.2) is 0 Å². The number of hydrogen-bond donors (Lipinski definition) is 1. The van der Waals surface area contributed by atoms with Crippen LogP contribution in [0.2, 0.25) is 0 Å². The number of rotatable bonds is 1. The van der Waals surface area contributed by atoms with Crippen LogP contribution in [-0.2, 0) is 4.79 Å². The van der Waals surface area contributed by atoms with Crippen LogP contribution in [0.15, 0.2) is 0 Å². The fourth-order valence-electron chi connectivity index (χ4n) is 0.919. The molecule has 2 N–H and O–H groups in total. The molecule has 1 rings (SSSR count). The lowest BCUT2D eigenvalue weighted by atomic mass is 10.1. The van der Waals surface area contributed by atoms with Gasteiger partial charge in [0.05, 0.1) is 6.04 Å². The summed E-state index contributed by atoms with van der Waals surface area (Å²) in [5.41, 5.74) is 5.35. The molecule has 0 aromatic rings. The molecule has 1 saturated heterocycles. The first-order valence-corrected chi connectivity index (χ1v) is 3.19. The summed E-state index contributed by atoms with van der Waals surface area (Å²) in [6.45, 7) is 2.41. The molecule has 10 heavy (non-hydrogen) atoms. The van der Waals surface area contributed by atoms with Gasteiger partial charge in [0.1, 0.15) is 6.04 Å². The van der Waals surface area contributed by atoms with Crippen molar-refractivity contribution >= 4 is 5.91 Å². The highest BCUT2D eigenvalue weighted by Crippen LogP contribution is 2.11. The van der Waals surface area contributed by atoms with E-state index < -0.39 is 0 Å². The highest BCUT2D eigenvalue weighted by atomic mass is 16.2. The quantitative estimate of drug-likeness (QED) is 0.380. The number of nitrogens with two attached hydrogens (primary N) is 1. The molecule has 0 aromatic heterocycles. The number of nitrogens with zero attached hydrogens (tertiary/aromatic N) is 1. The van der Waals surface area contributed by atoms with Crippen molar-refractivity contribution < 1.29 is 4.79 Å². The Labute approximate surface area is 60.2 Å². The summed E-state index contributed by atoms with van der Waals surface area (Å²) in [6, 6.07) is -0.414. The van der Waals surface area contributed by atoms with E-state index >= 15 is 0 Å². The van der Waals surface area contributed by atoms with Crippen LogP contribution in [0.4, 0.5) is 0 Å². The van der Waals surface area contributed by atoms with Gasteiger partial charge in [-0.05, 0) is 6.92 Å². The average molecular weight is 138 g/mol. The predicted octanol–water partition coefficient (Wildman–Crippen LogP) is -0.822. The van der Waals surface area contributed by atoms with Gasteiger partial charge in [-0.15, -0.1) is 6.42 Å². The number of hydrogen-bond acceptors (Lipinski definition) is 2. The van der Waals surface area contributed by atoms with Crippen LogP contribution in [0.25, 0.3) is 0 Å². The second-order valence-corrected chi connectivity index (χ2v) is 2.44. The molecule has 2 atom stereocenters. The molecule has 3 nitrogen and oxygen atoms in total. The zero-order chi connectivity index (χ0) is 7.72. The molecule has 54 valence electrons. The summed E-state index contributed by atoms with van der Waals surface area (Å²) >= 11 is 0. The minimum atomic E-state index is -0.309. The Bertz CT molecular complexity index is 194. The number of likely N-dealkylation sites (tertiary alicyclic amines) is 1. The Hall–Kier alpha value is -1.01. The molecule has 0 bridgehead atoms. The highest BCUT2D eigenvalue weighted by Gasteiger charge is 2.35. The lowest BCUT2D eigenvalue weighted by molar-refractivity contribution is -0.143. The molecular weight excluding hydrogens is 128 g/mol. The van der Waals surface area contributed by atoms with Crippen LogP contribution >= 0.6 is 0 Å². The summed E-state index contributed by atoms with van der Waals surface area (Å²) in [5, 5.41) is 0. The number of carbonyl (C=O) groups excluding carboxylic acids is 1. The van der Waals surface area contributed by atoms with E-state index in [0.29, 0.717) is 6.54 Å². The maximum atomic E-state index is 10.9. The molecule has 0 spiro atoms. The van der Waals surface area contributed by atoms with E-state index in [1.165, 1.54) is 0 Å². The Morgan fingerprint density at radius 3 is 2.90 bits per heavy atom. The van der Waals surface area contributed by atoms with Crippen molar-refractivity contribution in [2.24, 2.45) is 5.73 Å². The first-order chi connectivity index (χ1) is 4.66. The zero-order valence-corrected chi connectivity index (χ0v) is 5.87. The molecule has 1 fully saturated rings. The summed E-state index contributed by atoms with van der Waals surface area (Å²) in [7, 11) is 0. The second-order valence-electron chi connectivity index (χ2n) is 2.44. The maximum Gasteiger partial charge on any atom is 0.242 e. The van der Waals surface area contributed by atoms with Gasteiger partial charge >= 0.3 is 0 Å². The molecule has 0 radical (unpaired) electrons. The fourth-order valence-corrected chi connectivity index (χ4v) is 0.919. The van der Waals surface area contributed by atoms with Crippen LogP contribution in [0.1, 0.15) is 6.92 Å². The van der Waals surface area contributed by atoms with Gasteiger partial charge in [-0.1, -0.05) is 5.92 Å². The first kappa shape index (κ1) is 7.10. The van der Waals surface area contributed by atoms with Gasteiger partial charge in [0.2, 0.25) is 5.91 Å². The zero-order valence-electron chi connectivity index (χ0n) is 5.87. The summed E-state index contributed by atoms with van der Waals surface area (Å²) in [6.07, 6.45) is 5.11. The number of amides is 1. The van der Waals surface area contributed by atoms with Crippen LogP contribution in [0, 0.1) is 12.3 Å². The standard InChI is InChI=1S/C7H10N2O/c1-3-5(2)9-4-6(8)7(9)10/h1,5-6H,4,8H2,2H3. The SMILES string of the molecule is C#CC(C)N1CC(N)C1=O. The monoisotopic (exact) mass is 138 g/mol. The Kier molecular flexibility index (Phi) is 1.64. The number of β-lactam (4-membered cyclic amide) rings is 1. The minimum Gasteiger partial charge on any atom is -0.326 e. The molecule has 3 heteroatoms. The van der Waals surface area contributed by atoms with Crippen LogP contribution < -0.4 is 5.73 Å².